The zero-order chi connectivity index (χ0) is 20.2. The Morgan fingerprint density at radius 3 is 2.57 bits per heavy atom. The maximum Gasteiger partial charge on any atom is 0.162 e. The average Bonchev–Trinajstić information content (AvgIpc) is 3.24. The smallest absolute Gasteiger partial charge is 0.162 e. The van der Waals surface area contributed by atoms with Gasteiger partial charge in [0.1, 0.15) is 0 Å². The molecule has 0 N–H and O–H groups in total. The predicted octanol–water partition coefficient (Wildman–Crippen LogP) is 3.96. The first-order chi connectivity index (χ1) is 14.9. The molecule has 2 aliphatic heterocycles. The van der Waals surface area contributed by atoms with Gasteiger partial charge in [0.15, 0.2) is 5.65 Å². The number of benzene rings is 1. The molecule has 0 aliphatic carbocycles. The van der Waals surface area contributed by atoms with E-state index < -0.39 is 0 Å². The fourth-order valence-electron chi connectivity index (χ4n) is 4.30. The van der Waals surface area contributed by atoms with Gasteiger partial charge in [-0.2, -0.15) is 5.10 Å². The molecule has 0 amide bonds. The fraction of sp³-hybridized carbons (Fsp3) is 0.375. The molecule has 30 heavy (non-hydrogen) atoms. The van der Waals surface area contributed by atoms with E-state index in [4.69, 9.17) is 0 Å². The molecule has 0 saturated carbocycles. The van der Waals surface area contributed by atoms with E-state index in [0.717, 1.165) is 41.1 Å². The van der Waals surface area contributed by atoms with Crippen molar-refractivity contribution in [3.05, 3.63) is 60.6 Å². The minimum absolute atomic E-state index is 0.865. The van der Waals surface area contributed by atoms with Gasteiger partial charge in [0.2, 0.25) is 0 Å². The molecule has 5 rings (SSSR count). The first-order valence-corrected chi connectivity index (χ1v) is 11.0. The predicted molar refractivity (Wildman–Crippen MR) is 121 cm³/mol. The lowest BCUT2D eigenvalue weighted by Gasteiger charge is -2.28. The molecule has 154 valence electrons. The number of aliphatic imine (C=N–C) groups is 1. The molecule has 6 nitrogen and oxygen atoms in total. The van der Waals surface area contributed by atoms with Crippen molar-refractivity contribution in [3.8, 4) is 11.1 Å². The third kappa shape index (κ3) is 4.14. The van der Waals surface area contributed by atoms with Crippen LogP contribution in [0.3, 0.4) is 0 Å². The largest absolute Gasteiger partial charge is 0.359 e. The van der Waals surface area contributed by atoms with Gasteiger partial charge in [-0.15, -0.1) is 0 Å². The number of fused-ring (bicyclic) bond motifs is 1. The lowest BCUT2D eigenvalue weighted by atomic mass is 10.1. The summed E-state index contributed by atoms with van der Waals surface area (Å²) in [5.74, 6) is 0. The van der Waals surface area contributed by atoms with Crippen LogP contribution in [0.15, 0.2) is 60.0 Å². The molecule has 4 heterocycles. The minimum atomic E-state index is 0.865. The van der Waals surface area contributed by atoms with Crippen LogP contribution in [0, 0.1) is 0 Å². The van der Waals surface area contributed by atoms with Gasteiger partial charge in [-0.05, 0) is 50.5 Å². The summed E-state index contributed by atoms with van der Waals surface area (Å²) in [6.07, 6.45) is 15.3. The molecule has 0 unspecified atom stereocenters. The molecule has 6 heteroatoms. The van der Waals surface area contributed by atoms with Gasteiger partial charge in [0.25, 0.3) is 0 Å². The first kappa shape index (κ1) is 19.0. The Bertz CT molecular complexity index is 1050. The molecule has 1 aromatic carbocycles. The van der Waals surface area contributed by atoms with Crippen LogP contribution in [0.5, 0.6) is 0 Å². The zero-order valence-corrected chi connectivity index (χ0v) is 17.3. The highest BCUT2D eigenvalue weighted by atomic mass is 15.2. The van der Waals surface area contributed by atoms with E-state index in [1.165, 1.54) is 45.3 Å². The summed E-state index contributed by atoms with van der Waals surface area (Å²) in [5.41, 5.74) is 5.00. The van der Waals surface area contributed by atoms with E-state index in [2.05, 4.69) is 43.1 Å². The third-order valence-corrected chi connectivity index (χ3v) is 5.98. The van der Waals surface area contributed by atoms with Crippen LogP contribution in [-0.2, 0) is 0 Å². The molecule has 1 saturated heterocycles. The van der Waals surface area contributed by atoms with E-state index in [9.17, 15) is 0 Å². The van der Waals surface area contributed by atoms with Crippen molar-refractivity contribution in [1.82, 2.24) is 24.4 Å². The van der Waals surface area contributed by atoms with Gasteiger partial charge in [0.05, 0.1) is 18.2 Å². The average molecular weight is 401 g/mol. The van der Waals surface area contributed by atoms with Crippen molar-refractivity contribution >= 4 is 17.7 Å². The zero-order valence-electron chi connectivity index (χ0n) is 17.3. The van der Waals surface area contributed by atoms with Crippen LogP contribution < -0.4 is 0 Å². The monoisotopic (exact) mass is 400 g/mol. The Labute approximate surface area is 177 Å². The van der Waals surface area contributed by atoms with Gasteiger partial charge in [-0.1, -0.05) is 36.8 Å². The van der Waals surface area contributed by atoms with E-state index in [-0.39, 0.29) is 0 Å². The second-order valence-electron chi connectivity index (χ2n) is 8.12. The molecule has 1 fully saturated rings. The normalized spacial score (nSPS) is 17.5. The molecule has 0 radical (unpaired) electrons. The van der Waals surface area contributed by atoms with E-state index >= 15 is 0 Å². The number of hydrogen-bond acceptors (Lipinski definition) is 5. The van der Waals surface area contributed by atoms with Crippen molar-refractivity contribution in [2.75, 3.05) is 32.7 Å². The standard InChI is InChI=1S/C24H28N6/c1-3-8-20(9-4-1)22-17-27-30-18-21(16-25-24(22)30)23-10-15-29(19-26-23)14-7-13-28-11-5-2-6-12-28/h1,3-4,8-10,16-19H,2,5-7,11-15H2. The van der Waals surface area contributed by atoms with Crippen LogP contribution in [0.1, 0.15) is 31.2 Å². The summed E-state index contributed by atoms with van der Waals surface area (Å²) in [6, 6.07) is 10.3. The second kappa shape index (κ2) is 8.79. The van der Waals surface area contributed by atoms with Crippen LogP contribution in [-0.4, -0.2) is 63.5 Å². The number of piperidine rings is 1. The first-order valence-electron chi connectivity index (χ1n) is 11.0. The highest BCUT2D eigenvalue weighted by Gasteiger charge is 2.13. The number of likely N-dealkylation sites (tertiary alicyclic amines) is 1. The highest BCUT2D eigenvalue weighted by Crippen LogP contribution is 2.25. The van der Waals surface area contributed by atoms with Crippen LogP contribution in [0.2, 0.25) is 0 Å². The number of hydrogen-bond donors (Lipinski definition) is 0. The van der Waals surface area contributed by atoms with Gasteiger partial charge in [-0.3, -0.25) is 0 Å². The van der Waals surface area contributed by atoms with Gasteiger partial charge >= 0.3 is 0 Å². The fourth-order valence-corrected chi connectivity index (χ4v) is 4.30. The Hall–Kier alpha value is -2.99. The second-order valence-corrected chi connectivity index (χ2v) is 8.12. The molecular formula is C24H28N6. The Balaban J connectivity index is 1.21. The summed E-state index contributed by atoms with van der Waals surface area (Å²) in [7, 11) is 0. The maximum absolute atomic E-state index is 4.69. The third-order valence-electron chi connectivity index (χ3n) is 5.98. The molecule has 0 bridgehead atoms. The molecule has 3 aromatic rings. The molecule has 2 aromatic heterocycles. The van der Waals surface area contributed by atoms with Crippen molar-refractivity contribution in [1.29, 1.82) is 0 Å². The van der Waals surface area contributed by atoms with Crippen molar-refractivity contribution in [2.24, 2.45) is 4.99 Å². The van der Waals surface area contributed by atoms with E-state index in [0.29, 0.717) is 0 Å². The number of aromatic nitrogens is 3. The lowest BCUT2D eigenvalue weighted by Crippen LogP contribution is -2.33. The Kier molecular flexibility index (Phi) is 5.57. The maximum atomic E-state index is 4.69. The Morgan fingerprint density at radius 1 is 0.900 bits per heavy atom. The van der Waals surface area contributed by atoms with Gasteiger partial charge in [-0.25, -0.2) is 14.5 Å². The summed E-state index contributed by atoms with van der Waals surface area (Å²) in [5, 5.41) is 4.51. The van der Waals surface area contributed by atoms with Crippen LogP contribution in [0.25, 0.3) is 22.5 Å². The molecule has 0 atom stereocenters. The van der Waals surface area contributed by atoms with Gasteiger partial charge < -0.3 is 9.80 Å². The minimum Gasteiger partial charge on any atom is -0.359 e. The topological polar surface area (TPSA) is 49.0 Å². The van der Waals surface area contributed by atoms with Crippen molar-refractivity contribution < 1.29 is 0 Å². The van der Waals surface area contributed by atoms with Gasteiger partial charge in [0, 0.05) is 36.6 Å². The molecule has 0 spiro atoms. The highest BCUT2D eigenvalue weighted by molar-refractivity contribution is 5.79. The summed E-state index contributed by atoms with van der Waals surface area (Å²) in [6.45, 7) is 5.69. The van der Waals surface area contributed by atoms with Crippen LogP contribution >= 0.6 is 0 Å². The van der Waals surface area contributed by atoms with Crippen LogP contribution in [0.4, 0.5) is 0 Å². The summed E-state index contributed by atoms with van der Waals surface area (Å²) in [4.78, 5) is 14.3. The Morgan fingerprint density at radius 2 is 1.77 bits per heavy atom. The van der Waals surface area contributed by atoms with E-state index in [1.807, 2.05) is 47.6 Å². The van der Waals surface area contributed by atoms with Crippen molar-refractivity contribution in [3.63, 3.8) is 0 Å². The van der Waals surface area contributed by atoms with E-state index in [1.54, 1.807) is 0 Å². The summed E-state index contributed by atoms with van der Waals surface area (Å²) >= 11 is 0. The quantitative estimate of drug-likeness (QED) is 0.628. The molecular weight excluding hydrogens is 372 g/mol. The lowest BCUT2D eigenvalue weighted by molar-refractivity contribution is 0.220. The summed E-state index contributed by atoms with van der Waals surface area (Å²) < 4.78 is 1.85. The SMILES string of the molecule is C1=NC(c2cnc3c(-c4ccccc4)cnn3c2)=CCN1CCCN1CCCCC1. The number of rotatable bonds is 6. The number of nitrogens with zero attached hydrogens (tertiary/aromatic N) is 6. The van der Waals surface area contributed by atoms with Crippen molar-refractivity contribution in [2.45, 2.75) is 25.7 Å². The molecule has 2 aliphatic rings.